The van der Waals surface area contributed by atoms with Gasteiger partial charge in [0.05, 0.1) is 17.6 Å². The van der Waals surface area contributed by atoms with Crippen LogP contribution in [0.4, 0.5) is 4.39 Å². The van der Waals surface area contributed by atoms with E-state index in [-0.39, 0.29) is 5.82 Å². The number of ether oxygens (including phenoxy) is 1. The molecule has 0 aliphatic carbocycles. The normalized spacial score (nSPS) is 11.0. The van der Waals surface area contributed by atoms with Crippen LogP contribution in [-0.4, -0.2) is 21.1 Å². The van der Waals surface area contributed by atoms with E-state index in [2.05, 4.69) is 16.9 Å². The van der Waals surface area contributed by atoms with Crippen molar-refractivity contribution in [3.05, 3.63) is 72.7 Å². The van der Waals surface area contributed by atoms with Gasteiger partial charge in [-0.05, 0) is 55.0 Å². The van der Waals surface area contributed by atoms with Gasteiger partial charge in [-0.3, -0.25) is 9.55 Å². The van der Waals surface area contributed by atoms with Crippen LogP contribution in [0.1, 0.15) is 13.3 Å². The summed E-state index contributed by atoms with van der Waals surface area (Å²) < 4.78 is 21.3. The van der Waals surface area contributed by atoms with Gasteiger partial charge in [0.2, 0.25) is 0 Å². The van der Waals surface area contributed by atoms with Gasteiger partial charge in [0.15, 0.2) is 5.82 Å². The molecule has 0 amide bonds. The molecular formula is C21H18FN3O. The van der Waals surface area contributed by atoms with E-state index in [9.17, 15) is 4.39 Å². The highest BCUT2D eigenvalue weighted by Gasteiger charge is 2.15. The predicted molar refractivity (Wildman–Crippen MR) is 100 cm³/mol. The topological polar surface area (TPSA) is 39.9 Å². The third-order valence-electron chi connectivity index (χ3n) is 4.08. The molecule has 0 unspecified atom stereocenters. The number of hydrogen-bond donors (Lipinski definition) is 0. The molecule has 5 heteroatoms. The van der Waals surface area contributed by atoms with Crippen LogP contribution in [-0.2, 0) is 0 Å². The third kappa shape index (κ3) is 3.04. The highest BCUT2D eigenvalue weighted by Crippen LogP contribution is 2.28. The predicted octanol–water partition coefficient (Wildman–Crippen LogP) is 5.02. The van der Waals surface area contributed by atoms with Gasteiger partial charge in [0.1, 0.15) is 17.3 Å². The molecule has 4 rings (SSSR count). The summed E-state index contributed by atoms with van der Waals surface area (Å²) in [5.41, 5.74) is 3.07. The third-order valence-corrected chi connectivity index (χ3v) is 4.08. The lowest BCUT2D eigenvalue weighted by Gasteiger charge is -2.10. The maximum atomic E-state index is 13.7. The van der Waals surface area contributed by atoms with Crippen molar-refractivity contribution in [2.75, 3.05) is 6.61 Å². The first kappa shape index (κ1) is 16.3. The molecule has 2 aromatic carbocycles. The summed E-state index contributed by atoms with van der Waals surface area (Å²) in [6.45, 7) is 2.76. The summed E-state index contributed by atoms with van der Waals surface area (Å²) in [5, 5.41) is 0. The number of hydrogen-bond acceptors (Lipinski definition) is 3. The van der Waals surface area contributed by atoms with E-state index in [0.717, 1.165) is 29.1 Å². The van der Waals surface area contributed by atoms with Gasteiger partial charge in [-0.1, -0.05) is 13.0 Å². The Bertz CT molecular complexity index is 1030. The molecule has 0 spiro atoms. The Morgan fingerprint density at radius 2 is 1.88 bits per heavy atom. The first-order valence-electron chi connectivity index (χ1n) is 8.59. The number of pyridine rings is 1. The van der Waals surface area contributed by atoms with Crippen LogP contribution in [0.2, 0.25) is 0 Å². The van der Waals surface area contributed by atoms with Crippen molar-refractivity contribution in [2.45, 2.75) is 13.3 Å². The zero-order valence-electron chi connectivity index (χ0n) is 14.4. The van der Waals surface area contributed by atoms with Crippen molar-refractivity contribution in [3.8, 4) is 23.0 Å². The molecule has 2 aromatic heterocycles. The van der Waals surface area contributed by atoms with Gasteiger partial charge in [0.25, 0.3) is 0 Å². The van der Waals surface area contributed by atoms with Gasteiger partial charge in [-0.2, -0.15) is 0 Å². The summed E-state index contributed by atoms with van der Waals surface area (Å²) in [7, 11) is 0. The fourth-order valence-corrected chi connectivity index (χ4v) is 2.89. The fraction of sp³-hybridized carbons (Fsp3) is 0.143. The second-order valence-electron chi connectivity index (χ2n) is 5.96. The number of halogens is 1. The van der Waals surface area contributed by atoms with E-state index in [1.54, 1.807) is 12.3 Å². The molecule has 0 bridgehead atoms. The number of benzene rings is 2. The highest BCUT2D eigenvalue weighted by molar-refractivity contribution is 5.82. The van der Waals surface area contributed by atoms with Crippen molar-refractivity contribution < 1.29 is 9.13 Å². The van der Waals surface area contributed by atoms with Gasteiger partial charge in [-0.15, -0.1) is 0 Å². The molecule has 0 radical (unpaired) electrons. The summed E-state index contributed by atoms with van der Waals surface area (Å²) in [5.74, 6) is 1.19. The Morgan fingerprint density at radius 3 is 2.62 bits per heavy atom. The number of imidazole rings is 1. The molecule has 0 saturated heterocycles. The first-order valence-corrected chi connectivity index (χ1v) is 8.59. The largest absolute Gasteiger partial charge is 0.494 e. The molecule has 0 fully saturated rings. The average Bonchev–Trinajstić information content (AvgIpc) is 3.06. The lowest BCUT2D eigenvalue weighted by Crippen LogP contribution is -1.99. The number of nitrogens with zero attached hydrogens (tertiary/aromatic N) is 3. The van der Waals surface area contributed by atoms with E-state index in [1.807, 2.05) is 47.0 Å². The van der Waals surface area contributed by atoms with E-state index >= 15 is 0 Å². The fourth-order valence-electron chi connectivity index (χ4n) is 2.89. The Kier molecular flexibility index (Phi) is 4.35. The minimum Gasteiger partial charge on any atom is -0.494 e. The maximum Gasteiger partial charge on any atom is 0.164 e. The smallest absolute Gasteiger partial charge is 0.164 e. The second-order valence-corrected chi connectivity index (χ2v) is 5.96. The van der Waals surface area contributed by atoms with E-state index in [0.29, 0.717) is 17.9 Å². The molecule has 0 aliphatic rings. The Hall–Kier alpha value is -3.21. The lowest BCUT2D eigenvalue weighted by atomic mass is 10.2. The molecule has 4 nitrogen and oxygen atoms in total. The lowest BCUT2D eigenvalue weighted by molar-refractivity contribution is 0.317. The Morgan fingerprint density at radius 1 is 1.04 bits per heavy atom. The van der Waals surface area contributed by atoms with Crippen molar-refractivity contribution in [1.82, 2.24) is 14.5 Å². The molecule has 0 saturated carbocycles. The number of aromatic nitrogens is 3. The van der Waals surface area contributed by atoms with Crippen molar-refractivity contribution >= 4 is 11.0 Å². The van der Waals surface area contributed by atoms with Crippen LogP contribution < -0.4 is 4.74 Å². The van der Waals surface area contributed by atoms with Crippen LogP contribution >= 0.6 is 0 Å². The summed E-state index contributed by atoms with van der Waals surface area (Å²) >= 11 is 0. The SMILES string of the molecule is CCCOc1ccc(-n2c(-c3ccccn3)nc3cc(F)ccc32)cc1. The zero-order chi connectivity index (χ0) is 17.9. The van der Waals surface area contributed by atoms with E-state index < -0.39 is 0 Å². The first-order chi connectivity index (χ1) is 12.8. The van der Waals surface area contributed by atoms with Crippen molar-refractivity contribution in [3.63, 3.8) is 0 Å². The molecule has 26 heavy (non-hydrogen) atoms. The van der Waals surface area contributed by atoms with Crippen molar-refractivity contribution in [1.29, 1.82) is 0 Å². The highest BCUT2D eigenvalue weighted by atomic mass is 19.1. The molecule has 2 heterocycles. The standard InChI is InChI=1S/C21H18FN3O/c1-2-13-26-17-9-7-16(8-10-17)25-20-11-6-15(22)14-19(20)24-21(25)18-5-3-4-12-23-18/h3-12,14H,2,13H2,1H3. The van der Waals surface area contributed by atoms with Crippen LogP contribution in [0.25, 0.3) is 28.2 Å². The molecule has 0 N–H and O–H groups in total. The van der Waals surface area contributed by atoms with Crippen LogP contribution in [0.15, 0.2) is 66.9 Å². The van der Waals surface area contributed by atoms with E-state index in [1.165, 1.54) is 12.1 Å². The molecule has 4 aromatic rings. The Labute approximate surface area is 150 Å². The zero-order valence-corrected chi connectivity index (χ0v) is 14.4. The molecular weight excluding hydrogens is 329 g/mol. The minimum atomic E-state index is -0.307. The summed E-state index contributed by atoms with van der Waals surface area (Å²) in [4.78, 5) is 9.03. The van der Waals surface area contributed by atoms with Crippen LogP contribution in [0.5, 0.6) is 5.75 Å². The quantitative estimate of drug-likeness (QED) is 0.509. The molecule has 0 aliphatic heterocycles. The number of rotatable bonds is 5. The Balaban J connectivity index is 1.87. The second kappa shape index (κ2) is 6.96. The summed E-state index contributed by atoms with van der Waals surface area (Å²) in [6, 6.07) is 18.1. The monoisotopic (exact) mass is 347 g/mol. The average molecular weight is 347 g/mol. The van der Waals surface area contributed by atoms with Crippen LogP contribution in [0.3, 0.4) is 0 Å². The van der Waals surface area contributed by atoms with Gasteiger partial charge in [0, 0.05) is 18.0 Å². The van der Waals surface area contributed by atoms with Crippen LogP contribution in [0, 0.1) is 5.82 Å². The van der Waals surface area contributed by atoms with Gasteiger partial charge >= 0.3 is 0 Å². The van der Waals surface area contributed by atoms with Gasteiger partial charge in [-0.25, -0.2) is 9.37 Å². The number of fused-ring (bicyclic) bond motifs is 1. The van der Waals surface area contributed by atoms with Gasteiger partial charge < -0.3 is 4.74 Å². The summed E-state index contributed by atoms with van der Waals surface area (Å²) in [6.07, 6.45) is 2.69. The molecule has 0 atom stereocenters. The minimum absolute atomic E-state index is 0.307. The maximum absolute atomic E-state index is 13.7. The van der Waals surface area contributed by atoms with Crippen molar-refractivity contribution in [2.24, 2.45) is 0 Å². The van der Waals surface area contributed by atoms with E-state index in [4.69, 9.17) is 4.74 Å². The molecule has 130 valence electrons.